The molecule has 134 valence electrons. The van der Waals surface area contributed by atoms with Crippen LogP contribution >= 0.6 is 23.1 Å². The molecule has 0 aromatic carbocycles. The van der Waals surface area contributed by atoms with E-state index in [0.717, 1.165) is 17.2 Å². The SMILES string of the molecule is CSc1nc(C(=O)NC[C@H]2CCCN2C(=O)OC(C)(C)C)c(N)s1. The second-order valence-electron chi connectivity index (χ2n) is 6.58. The van der Waals surface area contributed by atoms with Gasteiger partial charge >= 0.3 is 6.09 Å². The van der Waals surface area contributed by atoms with Crippen molar-refractivity contribution in [3.05, 3.63) is 5.69 Å². The van der Waals surface area contributed by atoms with Crippen LogP contribution in [-0.2, 0) is 4.74 Å². The molecule has 1 fully saturated rings. The molecular formula is C15H24N4O3S2. The number of nitrogens with two attached hydrogens (primary N) is 1. The predicted molar refractivity (Wildman–Crippen MR) is 96.6 cm³/mol. The van der Waals surface area contributed by atoms with Gasteiger partial charge in [-0.1, -0.05) is 23.1 Å². The number of amides is 2. The van der Waals surface area contributed by atoms with Crippen molar-refractivity contribution >= 4 is 40.1 Å². The minimum atomic E-state index is -0.531. The number of nitrogens with one attached hydrogen (secondary N) is 1. The standard InChI is InChI=1S/C15H24N4O3S2/c1-15(2,3)22-14(21)19-7-5-6-9(19)8-17-12(20)10-11(16)24-13(18-10)23-4/h9H,5-8,16H2,1-4H3,(H,17,20)/t9-/m1/s1. The molecule has 24 heavy (non-hydrogen) atoms. The molecule has 2 amide bonds. The van der Waals surface area contributed by atoms with Crippen molar-refractivity contribution in [1.82, 2.24) is 15.2 Å². The van der Waals surface area contributed by atoms with E-state index in [-0.39, 0.29) is 23.7 Å². The lowest BCUT2D eigenvalue weighted by atomic mass is 10.2. The van der Waals surface area contributed by atoms with Crippen molar-refractivity contribution in [2.45, 2.75) is 49.6 Å². The summed E-state index contributed by atoms with van der Waals surface area (Å²) < 4.78 is 6.18. The molecule has 0 spiro atoms. The zero-order valence-corrected chi connectivity index (χ0v) is 16.1. The number of carbonyl (C=O) groups is 2. The van der Waals surface area contributed by atoms with Gasteiger partial charge in [-0.15, -0.1) is 0 Å². The first-order valence-corrected chi connectivity index (χ1v) is 9.83. The Balaban J connectivity index is 1.93. The van der Waals surface area contributed by atoms with E-state index in [9.17, 15) is 9.59 Å². The molecule has 3 N–H and O–H groups in total. The molecule has 0 bridgehead atoms. The third-order valence-corrected chi connectivity index (χ3v) is 5.40. The maximum atomic E-state index is 12.3. The Labute approximate surface area is 150 Å². The van der Waals surface area contributed by atoms with Gasteiger partial charge in [0.2, 0.25) is 0 Å². The first kappa shape index (κ1) is 18.9. The number of likely N-dealkylation sites (tertiary alicyclic amines) is 1. The lowest BCUT2D eigenvalue weighted by Crippen LogP contribution is -2.45. The summed E-state index contributed by atoms with van der Waals surface area (Å²) in [5.74, 6) is -0.305. The fourth-order valence-corrected chi connectivity index (χ4v) is 3.81. The quantitative estimate of drug-likeness (QED) is 0.789. The third-order valence-electron chi connectivity index (χ3n) is 3.53. The van der Waals surface area contributed by atoms with Crippen LogP contribution in [0.2, 0.25) is 0 Å². The molecular weight excluding hydrogens is 348 g/mol. The number of hydrogen-bond acceptors (Lipinski definition) is 7. The normalized spacial score (nSPS) is 17.8. The molecule has 0 radical (unpaired) electrons. The van der Waals surface area contributed by atoms with Crippen molar-refractivity contribution < 1.29 is 14.3 Å². The Bertz CT molecular complexity index is 612. The number of aromatic nitrogens is 1. The van der Waals surface area contributed by atoms with E-state index >= 15 is 0 Å². The topological polar surface area (TPSA) is 97.5 Å². The van der Waals surface area contributed by atoms with Crippen LogP contribution in [0, 0.1) is 0 Å². The van der Waals surface area contributed by atoms with Crippen LogP contribution in [0.15, 0.2) is 4.34 Å². The molecule has 1 atom stereocenters. The summed E-state index contributed by atoms with van der Waals surface area (Å²) in [6.07, 6.45) is 3.28. The van der Waals surface area contributed by atoms with Gasteiger partial charge in [0.05, 0.1) is 6.04 Å². The van der Waals surface area contributed by atoms with Crippen LogP contribution in [0.4, 0.5) is 9.80 Å². The highest BCUT2D eigenvalue weighted by Crippen LogP contribution is 2.27. The Morgan fingerprint density at radius 2 is 2.21 bits per heavy atom. The van der Waals surface area contributed by atoms with Crippen LogP contribution in [0.25, 0.3) is 0 Å². The minimum Gasteiger partial charge on any atom is -0.444 e. The Hall–Kier alpha value is -1.48. The second kappa shape index (κ2) is 7.60. The summed E-state index contributed by atoms with van der Waals surface area (Å²) in [6, 6.07) is -0.0660. The zero-order chi connectivity index (χ0) is 17.9. The Morgan fingerprint density at radius 3 is 2.79 bits per heavy atom. The minimum absolute atomic E-state index is 0.0660. The smallest absolute Gasteiger partial charge is 0.410 e. The fraction of sp³-hybridized carbons (Fsp3) is 0.667. The van der Waals surface area contributed by atoms with E-state index in [1.165, 1.54) is 23.1 Å². The number of ether oxygens (including phenoxy) is 1. The van der Waals surface area contributed by atoms with E-state index in [2.05, 4.69) is 10.3 Å². The molecule has 1 aliphatic rings. The molecule has 1 saturated heterocycles. The van der Waals surface area contributed by atoms with Crippen molar-refractivity contribution in [2.24, 2.45) is 0 Å². The van der Waals surface area contributed by atoms with Crippen LogP contribution < -0.4 is 11.1 Å². The van der Waals surface area contributed by atoms with E-state index in [0.29, 0.717) is 18.1 Å². The molecule has 9 heteroatoms. The fourth-order valence-electron chi connectivity index (χ4n) is 2.46. The summed E-state index contributed by atoms with van der Waals surface area (Å²) in [5.41, 5.74) is 5.57. The summed E-state index contributed by atoms with van der Waals surface area (Å²) in [7, 11) is 0. The molecule has 0 unspecified atom stereocenters. The highest BCUT2D eigenvalue weighted by atomic mass is 32.2. The van der Waals surface area contributed by atoms with Gasteiger partial charge in [-0.05, 0) is 39.9 Å². The largest absolute Gasteiger partial charge is 0.444 e. The van der Waals surface area contributed by atoms with Crippen LogP contribution in [0.5, 0.6) is 0 Å². The van der Waals surface area contributed by atoms with Crippen LogP contribution in [-0.4, -0.2) is 52.9 Å². The van der Waals surface area contributed by atoms with Gasteiger partial charge in [0.25, 0.3) is 5.91 Å². The van der Waals surface area contributed by atoms with E-state index in [1.54, 1.807) is 4.90 Å². The van der Waals surface area contributed by atoms with Crippen LogP contribution in [0.3, 0.4) is 0 Å². The lowest BCUT2D eigenvalue weighted by Gasteiger charge is -2.28. The summed E-state index contributed by atoms with van der Waals surface area (Å²) in [6.45, 7) is 6.53. The zero-order valence-electron chi connectivity index (χ0n) is 14.4. The van der Waals surface area contributed by atoms with Gasteiger partial charge in [-0.3, -0.25) is 4.79 Å². The Morgan fingerprint density at radius 1 is 1.50 bits per heavy atom. The predicted octanol–water partition coefficient (Wildman–Crippen LogP) is 2.58. The highest BCUT2D eigenvalue weighted by Gasteiger charge is 2.32. The van der Waals surface area contributed by atoms with Gasteiger partial charge in [0.15, 0.2) is 10.0 Å². The summed E-state index contributed by atoms with van der Waals surface area (Å²) >= 11 is 2.75. The molecule has 2 rings (SSSR count). The molecule has 0 aliphatic carbocycles. The number of nitrogens with zero attached hydrogens (tertiary/aromatic N) is 2. The van der Waals surface area contributed by atoms with E-state index < -0.39 is 5.60 Å². The van der Waals surface area contributed by atoms with Crippen molar-refractivity contribution in [3.8, 4) is 0 Å². The molecule has 1 aromatic heterocycles. The molecule has 1 aromatic rings. The van der Waals surface area contributed by atoms with Crippen LogP contribution in [0.1, 0.15) is 44.1 Å². The summed E-state index contributed by atoms with van der Waals surface area (Å²) in [4.78, 5) is 30.4. The number of thiazole rings is 1. The van der Waals surface area contributed by atoms with Crippen molar-refractivity contribution in [1.29, 1.82) is 0 Å². The highest BCUT2D eigenvalue weighted by molar-refractivity contribution is 8.00. The lowest BCUT2D eigenvalue weighted by molar-refractivity contribution is 0.0225. The Kier molecular flexibility index (Phi) is 5.97. The second-order valence-corrected chi connectivity index (χ2v) is 8.66. The monoisotopic (exact) mass is 372 g/mol. The molecule has 0 saturated carbocycles. The van der Waals surface area contributed by atoms with Gasteiger partial charge in [0, 0.05) is 13.1 Å². The number of hydrogen-bond donors (Lipinski definition) is 2. The molecule has 1 aliphatic heterocycles. The molecule has 2 heterocycles. The number of anilines is 1. The van der Waals surface area contributed by atoms with Gasteiger partial charge in [0.1, 0.15) is 10.6 Å². The summed E-state index contributed by atoms with van der Waals surface area (Å²) in [5, 5.41) is 3.24. The number of carbonyl (C=O) groups excluding carboxylic acids is 2. The van der Waals surface area contributed by atoms with Crippen molar-refractivity contribution in [2.75, 3.05) is 25.1 Å². The third kappa shape index (κ3) is 4.76. The average Bonchev–Trinajstić information content (AvgIpc) is 3.09. The first-order chi connectivity index (χ1) is 11.2. The average molecular weight is 373 g/mol. The first-order valence-electron chi connectivity index (χ1n) is 7.79. The van der Waals surface area contributed by atoms with Crippen molar-refractivity contribution in [3.63, 3.8) is 0 Å². The van der Waals surface area contributed by atoms with Gasteiger partial charge < -0.3 is 20.7 Å². The van der Waals surface area contributed by atoms with E-state index in [4.69, 9.17) is 10.5 Å². The number of rotatable bonds is 4. The van der Waals surface area contributed by atoms with Gasteiger partial charge in [-0.2, -0.15) is 0 Å². The maximum Gasteiger partial charge on any atom is 0.410 e. The molecule has 7 nitrogen and oxygen atoms in total. The number of nitrogen functional groups attached to an aromatic ring is 1. The maximum absolute atomic E-state index is 12.3. The number of thioether (sulfide) groups is 1. The van der Waals surface area contributed by atoms with Gasteiger partial charge in [-0.25, -0.2) is 9.78 Å². The van der Waals surface area contributed by atoms with E-state index in [1.807, 2.05) is 27.0 Å².